The molecule has 9 atom stereocenters. The minimum atomic E-state index is -2.01. The molecule has 0 radical (unpaired) electrons. The Morgan fingerprint density at radius 1 is 0.787 bits per heavy atom. The summed E-state index contributed by atoms with van der Waals surface area (Å²) in [4.78, 5) is 112. The van der Waals surface area contributed by atoms with E-state index >= 15 is 0 Å². The van der Waals surface area contributed by atoms with E-state index in [1.54, 1.807) is 42.6 Å². The lowest BCUT2D eigenvalue weighted by molar-refractivity contribution is -0.139. The number of H-pyrrole nitrogens is 1. The Morgan fingerprint density at radius 2 is 1.43 bits per heavy atom. The molecule has 3 aromatic rings. The molecule has 4 rings (SSSR count). The van der Waals surface area contributed by atoms with E-state index in [9.17, 15) is 53.7 Å². The van der Waals surface area contributed by atoms with E-state index in [1.165, 1.54) is 6.92 Å². The molecule has 27 heteroatoms. The number of aromatic amines is 1. The number of benzene rings is 2. The van der Waals surface area contributed by atoms with E-state index in [-0.39, 0.29) is 89.3 Å². The molecule has 22 N–H and O–H groups in total. The average molecular weight is 1050 g/mol. The average Bonchev–Trinajstić information content (AvgIpc) is 3.76. The number of para-hydroxylation sites is 1. The summed E-state index contributed by atoms with van der Waals surface area (Å²) in [6.45, 7) is 1.46. The fourth-order valence-corrected chi connectivity index (χ4v) is 8.37. The van der Waals surface area contributed by atoms with Crippen LogP contribution in [0.15, 0.2) is 60.8 Å². The molecule has 75 heavy (non-hydrogen) atoms. The number of fused-ring (bicyclic) bond motifs is 1. The Kier molecular flexibility index (Phi) is 24.1. The second-order valence-electron chi connectivity index (χ2n) is 18.2. The van der Waals surface area contributed by atoms with Crippen LogP contribution in [0.3, 0.4) is 0 Å². The second-order valence-corrected chi connectivity index (χ2v) is 18.2. The van der Waals surface area contributed by atoms with Crippen LogP contribution in [0, 0.1) is 10.8 Å². The van der Waals surface area contributed by atoms with Gasteiger partial charge >= 0.3 is 5.97 Å². The molecular formula is C48H72N16O11. The minimum absolute atomic E-state index is 0.000867. The summed E-state index contributed by atoms with van der Waals surface area (Å²) in [5.74, 6) is -7.89. The Balaban J connectivity index is 1.76. The number of aromatic nitrogens is 1. The number of amides is 7. The van der Waals surface area contributed by atoms with Gasteiger partial charge in [-0.2, -0.15) is 0 Å². The van der Waals surface area contributed by atoms with Gasteiger partial charge in [0, 0.05) is 50.1 Å². The van der Waals surface area contributed by atoms with E-state index in [1.807, 2.05) is 18.2 Å². The summed E-state index contributed by atoms with van der Waals surface area (Å²) in [5.41, 5.74) is 18.6. The normalized spacial score (nSPS) is 22.7. The van der Waals surface area contributed by atoms with Crippen molar-refractivity contribution in [2.75, 3.05) is 19.6 Å². The van der Waals surface area contributed by atoms with Crippen molar-refractivity contribution in [1.82, 2.24) is 58.2 Å². The van der Waals surface area contributed by atoms with Gasteiger partial charge in [-0.25, -0.2) is 0 Å². The van der Waals surface area contributed by atoms with Crippen molar-refractivity contribution in [3.8, 4) is 0 Å². The molecule has 2 aromatic carbocycles. The molecule has 2 unspecified atom stereocenters. The lowest BCUT2D eigenvalue weighted by Crippen LogP contribution is -2.62. The molecular weight excluding hydrogens is 977 g/mol. The van der Waals surface area contributed by atoms with Crippen molar-refractivity contribution in [2.24, 2.45) is 17.2 Å². The topological polar surface area (TPSA) is 459 Å². The first-order valence-electron chi connectivity index (χ1n) is 24.6. The molecule has 1 saturated heterocycles. The van der Waals surface area contributed by atoms with Gasteiger partial charge in [-0.3, -0.25) is 59.8 Å². The maximum absolute atomic E-state index is 14.6. The van der Waals surface area contributed by atoms with Gasteiger partial charge in [0.2, 0.25) is 41.4 Å². The van der Waals surface area contributed by atoms with Crippen LogP contribution in [0.4, 0.5) is 0 Å². The number of hydrogen-bond donors (Lipinski definition) is 19. The van der Waals surface area contributed by atoms with Crippen molar-refractivity contribution in [3.05, 3.63) is 71.9 Å². The highest BCUT2D eigenvalue weighted by Crippen LogP contribution is 2.20. The SMILES string of the molecule is CC(=O)N[C@@H](CCCNC(=N)N)C(O)N[C@H]1CC(=O)NCCCC[C@@H](C(N)=O)NC(=O)[C@H](Cc2c[nH]c3ccccc23)NC(=O)[C@H](CCCNC(=N)N)NC(=O)[C@@H](Cc2ccccc2)NC(O)[C@H](CC(=O)O)NC1=O. The number of carbonyl (C=O) groups is 8. The molecule has 27 nitrogen and oxygen atoms in total. The first-order valence-corrected chi connectivity index (χ1v) is 24.6. The Labute approximate surface area is 432 Å². The zero-order valence-corrected chi connectivity index (χ0v) is 41.7. The molecule has 1 aromatic heterocycles. The van der Waals surface area contributed by atoms with Crippen LogP contribution < -0.4 is 70.4 Å². The van der Waals surface area contributed by atoms with Crippen molar-refractivity contribution < 1.29 is 53.7 Å². The number of nitrogens with one attached hydrogen (secondary N) is 13. The number of aliphatic hydroxyl groups is 2. The van der Waals surface area contributed by atoms with Crippen LogP contribution in [0.25, 0.3) is 10.9 Å². The molecule has 2 heterocycles. The number of hydrogen-bond acceptors (Lipinski definition) is 14. The van der Waals surface area contributed by atoms with Crippen LogP contribution >= 0.6 is 0 Å². The molecule has 1 aliphatic rings. The van der Waals surface area contributed by atoms with Crippen molar-refractivity contribution in [3.63, 3.8) is 0 Å². The number of carboxylic acid groups (broad SMARTS) is 1. The monoisotopic (exact) mass is 1050 g/mol. The fraction of sp³-hybridized carbons (Fsp3) is 0.500. The third kappa shape index (κ3) is 20.9. The molecule has 1 aliphatic heterocycles. The summed E-state index contributed by atoms with van der Waals surface area (Å²) < 4.78 is 0. The zero-order valence-electron chi connectivity index (χ0n) is 41.7. The number of carbonyl (C=O) groups excluding carboxylic acids is 7. The zero-order chi connectivity index (χ0) is 55.0. The number of rotatable bonds is 19. The highest BCUT2D eigenvalue weighted by molar-refractivity contribution is 5.95. The van der Waals surface area contributed by atoms with Crippen molar-refractivity contribution in [2.45, 2.75) is 132 Å². The van der Waals surface area contributed by atoms with E-state index in [0.717, 1.165) is 10.9 Å². The van der Waals surface area contributed by atoms with Crippen molar-refractivity contribution in [1.29, 1.82) is 10.8 Å². The summed E-state index contributed by atoms with van der Waals surface area (Å²) in [7, 11) is 0. The first kappa shape index (κ1) is 59.7. The predicted molar refractivity (Wildman–Crippen MR) is 275 cm³/mol. The minimum Gasteiger partial charge on any atom is -0.481 e. The smallest absolute Gasteiger partial charge is 0.305 e. The van der Waals surface area contributed by atoms with Gasteiger partial charge in [-0.05, 0) is 68.6 Å². The van der Waals surface area contributed by atoms with Crippen LogP contribution in [0.5, 0.6) is 0 Å². The highest BCUT2D eigenvalue weighted by Gasteiger charge is 2.36. The lowest BCUT2D eigenvalue weighted by Gasteiger charge is -2.32. The Hall–Kier alpha value is -7.88. The van der Waals surface area contributed by atoms with E-state index in [4.69, 9.17) is 28.0 Å². The standard InChI is InChI=1S/C48H72N16O11/c1-26(65)58-32(16-9-19-55-47(50)51)41(70)63-36-23-38(66)54-18-8-7-15-31(40(49)69)59-44(73)35(22-28-25-57-30-14-6-5-13-29(28)30)62-42(71)33(17-10-20-56-48(52)53)60-43(72)34(21-27-11-3-2-4-12-27)61-46(75)37(24-39(67)68)64-45(36)74/h2-6,11-14,25,31-37,41,46,57,61,63,70,75H,7-10,15-24H2,1H3,(H2,49,69)(H,54,66)(H,58,65)(H,59,73)(H,60,72)(H,62,71)(H,64,74)(H,67,68)(H4,50,51,55)(H4,52,53,56)/t31-,32-,33-,34+,35-,36-,37-,41?,46?/m0/s1. The molecule has 0 aliphatic carbocycles. The molecule has 410 valence electrons. The van der Waals surface area contributed by atoms with Crippen LogP contribution in [-0.4, -0.2) is 154 Å². The first-order chi connectivity index (χ1) is 35.7. The Bertz CT molecular complexity index is 2440. The number of aliphatic hydroxyl groups excluding tert-OH is 2. The van der Waals surface area contributed by atoms with E-state index < -0.39 is 115 Å². The summed E-state index contributed by atoms with van der Waals surface area (Å²) in [6.07, 6.45) is -3.04. The van der Waals surface area contributed by atoms with Gasteiger partial charge in [0.05, 0.1) is 37.0 Å². The van der Waals surface area contributed by atoms with Gasteiger partial charge in [0.1, 0.15) is 30.6 Å². The molecule has 1 fully saturated rings. The van der Waals surface area contributed by atoms with Gasteiger partial charge in [0.15, 0.2) is 11.9 Å². The number of primary amides is 1. The van der Waals surface area contributed by atoms with E-state index in [2.05, 4.69) is 58.2 Å². The highest BCUT2D eigenvalue weighted by atomic mass is 16.4. The van der Waals surface area contributed by atoms with Crippen LogP contribution in [0.1, 0.15) is 75.8 Å². The maximum atomic E-state index is 14.6. The largest absolute Gasteiger partial charge is 0.481 e. The van der Waals surface area contributed by atoms with Gasteiger partial charge in [-0.15, -0.1) is 0 Å². The quantitative estimate of drug-likeness (QED) is 0.0236. The molecule has 0 bridgehead atoms. The number of aliphatic carboxylic acids is 1. The van der Waals surface area contributed by atoms with Gasteiger partial charge in [0.25, 0.3) is 0 Å². The summed E-state index contributed by atoms with van der Waals surface area (Å²) in [6, 6.07) is 5.81. The van der Waals surface area contributed by atoms with Crippen LogP contribution in [0.2, 0.25) is 0 Å². The third-order valence-corrected chi connectivity index (χ3v) is 12.2. The number of guanidine groups is 2. The molecule has 0 spiro atoms. The van der Waals surface area contributed by atoms with E-state index in [0.29, 0.717) is 11.1 Å². The van der Waals surface area contributed by atoms with Crippen molar-refractivity contribution >= 4 is 70.1 Å². The van der Waals surface area contributed by atoms with Gasteiger partial charge in [-0.1, -0.05) is 48.5 Å². The number of carboxylic acids is 1. The molecule has 0 saturated carbocycles. The van der Waals surface area contributed by atoms with Crippen LogP contribution in [-0.2, 0) is 51.2 Å². The summed E-state index contributed by atoms with van der Waals surface area (Å²) in [5, 5.41) is 75.3. The third-order valence-electron chi connectivity index (χ3n) is 12.2. The Morgan fingerprint density at radius 3 is 2.09 bits per heavy atom. The predicted octanol–water partition coefficient (Wildman–Crippen LogP) is -3.87. The summed E-state index contributed by atoms with van der Waals surface area (Å²) >= 11 is 0. The lowest BCUT2D eigenvalue weighted by atomic mass is 10.0. The fourth-order valence-electron chi connectivity index (χ4n) is 8.37. The van der Waals surface area contributed by atoms with Gasteiger partial charge < -0.3 is 80.0 Å². The maximum Gasteiger partial charge on any atom is 0.305 e. The second kappa shape index (κ2) is 30.3. The molecule has 7 amide bonds. The number of nitrogens with two attached hydrogens (primary N) is 3.